The van der Waals surface area contributed by atoms with E-state index in [-0.39, 0.29) is 0 Å². The van der Waals surface area contributed by atoms with Gasteiger partial charge in [-0.3, -0.25) is 4.79 Å². The van der Waals surface area contributed by atoms with E-state index >= 15 is 0 Å². The first-order valence-corrected chi connectivity index (χ1v) is 7.08. The molecule has 3 unspecified atom stereocenters. The maximum Gasteiger partial charge on any atom is 0.164 e. The first-order valence-electron chi connectivity index (χ1n) is 7.08. The number of benzene rings is 1. The normalized spacial score (nSPS) is 30.4. The van der Waals surface area contributed by atoms with Crippen molar-refractivity contribution >= 4 is 5.78 Å². The molecule has 1 saturated carbocycles. The fraction of sp³-hybridized carbons (Fsp3) is 0.562. The van der Waals surface area contributed by atoms with Gasteiger partial charge in [0.2, 0.25) is 0 Å². The molecule has 1 heterocycles. The van der Waals surface area contributed by atoms with Crippen LogP contribution in [-0.4, -0.2) is 18.4 Å². The van der Waals surface area contributed by atoms with Crippen molar-refractivity contribution in [3.63, 3.8) is 0 Å². The van der Waals surface area contributed by atoms with Crippen LogP contribution in [0.4, 0.5) is 0 Å². The highest BCUT2D eigenvalue weighted by molar-refractivity contribution is 5.97. The Bertz CT molecular complexity index is 454. The summed E-state index contributed by atoms with van der Waals surface area (Å²) in [6.07, 6.45) is 4.69. The second-order valence-corrected chi connectivity index (χ2v) is 5.81. The molecule has 0 amide bonds. The monoisotopic (exact) mass is 243 g/mol. The van der Waals surface area contributed by atoms with Gasteiger partial charge in [0.15, 0.2) is 5.78 Å². The summed E-state index contributed by atoms with van der Waals surface area (Å²) in [6.45, 7) is 3.14. The Morgan fingerprint density at radius 1 is 1.33 bits per heavy atom. The third-order valence-electron chi connectivity index (χ3n) is 4.73. The van der Waals surface area contributed by atoms with Gasteiger partial charge in [0.25, 0.3) is 0 Å². The standard InChI is InChI=1S/C16H21NO/c1-11-5-2-3-7-13(11)16(18)9-15-14-8-4-6-12(14)10-17-15/h2-3,5,7,12,14-15,17H,4,6,8-10H2,1H3. The van der Waals surface area contributed by atoms with Gasteiger partial charge < -0.3 is 5.32 Å². The molecule has 0 spiro atoms. The molecule has 0 aromatic heterocycles. The molecule has 0 radical (unpaired) electrons. The average molecular weight is 243 g/mol. The van der Waals surface area contributed by atoms with Crippen LogP contribution in [0.15, 0.2) is 24.3 Å². The highest BCUT2D eigenvalue weighted by atomic mass is 16.1. The molecule has 1 saturated heterocycles. The molecular formula is C16H21NO. The summed E-state index contributed by atoms with van der Waals surface area (Å²) in [4.78, 5) is 12.4. The van der Waals surface area contributed by atoms with Crippen LogP contribution in [0.3, 0.4) is 0 Å². The van der Waals surface area contributed by atoms with E-state index in [1.807, 2.05) is 31.2 Å². The van der Waals surface area contributed by atoms with Gasteiger partial charge in [-0.05, 0) is 43.7 Å². The first-order chi connectivity index (χ1) is 8.75. The summed E-state index contributed by atoms with van der Waals surface area (Å²) in [5, 5.41) is 3.56. The van der Waals surface area contributed by atoms with Crippen LogP contribution >= 0.6 is 0 Å². The Morgan fingerprint density at radius 2 is 2.17 bits per heavy atom. The van der Waals surface area contributed by atoms with Crippen LogP contribution in [0.2, 0.25) is 0 Å². The van der Waals surface area contributed by atoms with Crippen LogP contribution in [0.1, 0.15) is 41.6 Å². The molecule has 1 N–H and O–H groups in total. The summed E-state index contributed by atoms with van der Waals surface area (Å²) < 4.78 is 0. The van der Waals surface area contributed by atoms with E-state index in [0.717, 1.165) is 29.5 Å². The summed E-state index contributed by atoms with van der Waals surface area (Å²) in [5.41, 5.74) is 2.00. The van der Waals surface area contributed by atoms with Crippen LogP contribution in [0, 0.1) is 18.8 Å². The smallest absolute Gasteiger partial charge is 0.164 e. The minimum absolute atomic E-state index is 0.304. The quantitative estimate of drug-likeness (QED) is 0.827. The van der Waals surface area contributed by atoms with Gasteiger partial charge in [0.05, 0.1) is 0 Å². The Balaban J connectivity index is 1.70. The van der Waals surface area contributed by atoms with Crippen molar-refractivity contribution in [3.8, 4) is 0 Å². The Kier molecular flexibility index (Phi) is 3.21. The minimum Gasteiger partial charge on any atom is -0.313 e. The number of rotatable bonds is 3. The minimum atomic E-state index is 0.304. The number of nitrogens with one attached hydrogen (secondary N) is 1. The number of aryl methyl sites for hydroxylation is 1. The molecule has 2 aliphatic rings. The summed E-state index contributed by atoms with van der Waals surface area (Å²) in [6, 6.07) is 8.35. The number of carbonyl (C=O) groups excluding carboxylic acids is 1. The van der Waals surface area contributed by atoms with Crippen molar-refractivity contribution in [2.75, 3.05) is 6.54 Å². The lowest BCUT2D eigenvalue weighted by Gasteiger charge is -2.17. The van der Waals surface area contributed by atoms with Gasteiger partial charge in [0, 0.05) is 18.0 Å². The third-order valence-corrected chi connectivity index (χ3v) is 4.73. The zero-order chi connectivity index (χ0) is 12.5. The largest absolute Gasteiger partial charge is 0.313 e. The fourth-order valence-electron chi connectivity index (χ4n) is 3.72. The van der Waals surface area contributed by atoms with E-state index < -0.39 is 0 Å². The zero-order valence-electron chi connectivity index (χ0n) is 11.0. The van der Waals surface area contributed by atoms with Crippen molar-refractivity contribution < 1.29 is 4.79 Å². The predicted molar refractivity (Wildman–Crippen MR) is 72.7 cm³/mol. The molecule has 96 valence electrons. The van der Waals surface area contributed by atoms with E-state index in [4.69, 9.17) is 0 Å². The molecule has 1 aliphatic heterocycles. The van der Waals surface area contributed by atoms with Gasteiger partial charge in [-0.2, -0.15) is 0 Å². The number of ketones is 1. The number of hydrogen-bond acceptors (Lipinski definition) is 2. The van der Waals surface area contributed by atoms with Gasteiger partial charge in [0.1, 0.15) is 0 Å². The predicted octanol–water partition coefficient (Wildman–Crippen LogP) is 2.96. The van der Waals surface area contributed by atoms with E-state index in [9.17, 15) is 4.79 Å². The molecule has 1 aromatic carbocycles. The topological polar surface area (TPSA) is 29.1 Å². The summed E-state index contributed by atoms with van der Waals surface area (Å²) in [5.74, 6) is 1.88. The second-order valence-electron chi connectivity index (χ2n) is 5.81. The van der Waals surface area contributed by atoms with Gasteiger partial charge >= 0.3 is 0 Å². The van der Waals surface area contributed by atoms with Crippen LogP contribution in [0.25, 0.3) is 0 Å². The molecular weight excluding hydrogens is 222 g/mol. The lowest BCUT2D eigenvalue weighted by Crippen LogP contribution is -2.29. The van der Waals surface area contributed by atoms with Crippen molar-refractivity contribution in [1.82, 2.24) is 5.32 Å². The van der Waals surface area contributed by atoms with Crippen molar-refractivity contribution in [3.05, 3.63) is 35.4 Å². The molecule has 3 rings (SSSR count). The van der Waals surface area contributed by atoms with Crippen LogP contribution in [0.5, 0.6) is 0 Å². The highest BCUT2D eigenvalue weighted by Crippen LogP contribution is 2.39. The number of fused-ring (bicyclic) bond motifs is 1. The molecule has 2 nitrogen and oxygen atoms in total. The lowest BCUT2D eigenvalue weighted by molar-refractivity contribution is 0.0963. The van der Waals surface area contributed by atoms with Gasteiger partial charge in [-0.15, -0.1) is 0 Å². The lowest BCUT2D eigenvalue weighted by atomic mass is 9.89. The van der Waals surface area contributed by atoms with E-state index in [2.05, 4.69) is 5.32 Å². The van der Waals surface area contributed by atoms with Crippen molar-refractivity contribution in [1.29, 1.82) is 0 Å². The second kappa shape index (κ2) is 4.85. The molecule has 2 heteroatoms. The Hall–Kier alpha value is -1.15. The van der Waals surface area contributed by atoms with E-state index in [0.29, 0.717) is 18.2 Å². The van der Waals surface area contributed by atoms with E-state index in [1.54, 1.807) is 0 Å². The summed E-state index contributed by atoms with van der Waals surface area (Å²) in [7, 11) is 0. The SMILES string of the molecule is Cc1ccccc1C(=O)CC1NCC2CCCC21. The highest BCUT2D eigenvalue weighted by Gasteiger charge is 2.39. The molecule has 1 aromatic rings. The van der Waals surface area contributed by atoms with Crippen LogP contribution < -0.4 is 5.32 Å². The van der Waals surface area contributed by atoms with Crippen LogP contribution in [-0.2, 0) is 0 Å². The molecule has 3 atom stereocenters. The molecule has 2 fully saturated rings. The number of hydrogen-bond donors (Lipinski definition) is 1. The maximum atomic E-state index is 12.4. The number of Topliss-reactive ketones (excluding diaryl/α,β-unsaturated/α-hetero) is 1. The van der Waals surface area contributed by atoms with E-state index in [1.165, 1.54) is 19.3 Å². The third kappa shape index (κ3) is 2.10. The zero-order valence-corrected chi connectivity index (χ0v) is 11.0. The average Bonchev–Trinajstić information content (AvgIpc) is 2.94. The first kappa shape index (κ1) is 11.9. The molecule has 1 aliphatic carbocycles. The number of carbonyl (C=O) groups is 1. The Morgan fingerprint density at radius 3 is 3.00 bits per heavy atom. The fourth-order valence-corrected chi connectivity index (χ4v) is 3.72. The van der Waals surface area contributed by atoms with Crippen molar-refractivity contribution in [2.45, 2.75) is 38.6 Å². The maximum absolute atomic E-state index is 12.4. The Labute approximate surface area is 109 Å². The summed E-state index contributed by atoms with van der Waals surface area (Å²) >= 11 is 0. The van der Waals surface area contributed by atoms with Gasteiger partial charge in [-0.1, -0.05) is 30.7 Å². The van der Waals surface area contributed by atoms with Gasteiger partial charge in [-0.25, -0.2) is 0 Å². The van der Waals surface area contributed by atoms with Crippen molar-refractivity contribution in [2.24, 2.45) is 11.8 Å². The molecule has 0 bridgehead atoms. The molecule has 18 heavy (non-hydrogen) atoms.